The van der Waals surface area contributed by atoms with Crippen molar-refractivity contribution in [2.24, 2.45) is 5.92 Å². The molecule has 2 saturated heterocycles. The van der Waals surface area contributed by atoms with Crippen LogP contribution in [0.15, 0.2) is 24.5 Å². The Balaban J connectivity index is 1.36. The third-order valence-electron chi connectivity index (χ3n) is 5.43. The van der Waals surface area contributed by atoms with Gasteiger partial charge in [0.25, 0.3) is 0 Å². The van der Waals surface area contributed by atoms with Gasteiger partial charge < -0.3 is 19.5 Å². The average Bonchev–Trinajstić information content (AvgIpc) is 2.94. The van der Waals surface area contributed by atoms with Gasteiger partial charge >= 0.3 is 0 Å². The molecule has 3 aliphatic rings. The minimum absolute atomic E-state index is 0.000932. The quantitative estimate of drug-likeness (QED) is 0.905. The number of hydrogen-bond donors (Lipinski definition) is 1. The van der Waals surface area contributed by atoms with Crippen LogP contribution >= 0.6 is 0 Å². The van der Waals surface area contributed by atoms with Gasteiger partial charge in [0.15, 0.2) is 0 Å². The van der Waals surface area contributed by atoms with Crippen molar-refractivity contribution in [1.29, 1.82) is 0 Å². The Morgan fingerprint density at radius 1 is 1.46 bits per heavy atom. The van der Waals surface area contributed by atoms with Gasteiger partial charge in [-0.05, 0) is 37.8 Å². The SMILES string of the molecule is O=C(C1CC(O)C1)N1CCC[C@@]2(C[C@H](Oc3cccnc3)CO2)C1. The molecule has 1 aromatic rings. The van der Waals surface area contributed by atoms with Crippen LogP contribution < -0.4 is 4.74 Å². The molecule has 1 aliphatic carbocycles. The lowest BCUT2D eigenvalue weighted by Gasteiger charge is -2.42. The maximum Gasteiger partial charge on any atom is 0.225 e. The number of piperidine rings is 1. The number of amides is 1. The van der Waals surface area contributed by atoms with Crippen LogP contribution in [0.2, 0.25) is 0 Å². The summed E-state index contributed by atoms with van der Waals surface area (Å²) in [6.07, 6.45) is 7.10. The molecule has 0 aromatic carbocycles. The zero-order valence-electron chi connectivity index (χ0n) is 13.8. The molecule has 0 unspecified atom stereocenters. The largest absolute Gasteiger partial charge is 0.486 e. The molecule has 0 radical (unpaired) electrons. The highest BCUT2D eigenvalue weighted by atomic mass is 16.6. The highest BCUT2D eigenvalue weighted by molar-refractivity contribution is 5.80. The highest BCUT2D eigenvalue weighted by Crippen LogP contribution is 2.38. The minimum atomic E-state index is -0.294. The average molecular weight is 332 g/mol. The number of hydrogen-bond acceptors (Lipinski definition) is 5. The second-order valence-corrected chi connectivity index (χ2v) is 7.31. The van der Waals surface area contributed by atoms with Gasteiger partial charge in [0, 0.05) is 31.6 Å². The summed E-state index contributed by atoms with van der Waals surface area (Å²) in [5.74, 6) is 0.939. The number of pyridine rings is 1. The van der Waals surface area contributed by atoms with Crippen molar-refractivity contribution < 1.29 is 19.4 Å². The van der Waals surface area contributed by atoms with Crippen LogP contribution in [0.1, 0.15) is 32.1 Å². The van der Waals surface area contributed by atoms with Gasteiger partial charge in [-0.2, -0.15) is 0 Å². The molecule has 0 bridgehead atoms. The maximum atomic E-state index is 12.6. The van der Waals surface area contributed by atoms with Gasteiger partial charge in [-0.3, -0.25) is 9.78 Å². The first-order chi connectivity index (χ1) is 11.6. The van der Waals surface area contributed by atoms with E-state index < -0.39 is 0 Å². The summed E-state index contributed by atoms with van der Waals surface area (Å²) in [7, 11) is 0. The number of rotatable bonds is 3. The van der Waals surface area contributed by atoms with Crippen molar-refractivity contribution in [3.63, 3.8) is 0 Å². The molecule has 1 saturated carbocycles. The normalized spacial score (nSPS) is 35.7. The zero-order valence-corrected chi connectivity index (χ0v) is 13.8. The van der Waals surface area contributed by atoms with E-state index in [2.05, 4.69) is 4.98 Å². The predicted molar refractivity (Wildman–Crippen MR) is 86.5 cm³/mol. The van der Waals surface area contributed by atoms with Crippen LogP contribution in [0.5, 0.6) is 5.75 Å². The van der Waals surface area contributed by atoms with Crippen LogP contribution in [0, 0.1) is 5.92 Å². The smallest absolute Gasteiger partial charge is 0.225 e. The second-order valence-electron chi connectivity index (χ2n) is 7.31. The van der Waals surface area contributed by atoms with Crippen LogP contribution in [0.25, 0.3) is 0 Å². The van der Waals surface area contributed by atoms with Crippen molar-refractivity contribution in [3.05, 3.63) is 24.5 Å². The summed E-state index contributed by atoms with van der Waals surface area (Å²) in [5.41, 5.74) is -0.275. The summed E-state index contributed by atoms with van der Waals surface area (Å²) in [6.45, 7) is 2.00. The van der Waals surface area contributed by atoms with Gasteiger partial charge in [-0.25, -0.2) is 0 Å². The van der Waals surface area contributed by atoms with E-state index in [-0.39, 0.29) is 29.6 Å². The molecule has 4 rings (SSSR count). The third-order valence-corrected chi connectivity index (χ3v) is 5.43. The molecule has 2 atom stereocenters. The van der Waals surface area contributed by atoms with Crippen LogP contribution in [-0.4, -0.2) is 58.4 Å². The summed E-state index contributed by atoms with van der Waals surface area (Å²) < 4.78 is 12.1. The Hall–Kier alpha value is -1.66. The van der Waals surface area contributed by atoms with Crippen molar-refractivity contribution in [3.8, 4) is 5.75 Å². The summed E-state index contributed by atoms with van der Waals surface area (Å²) in [6, 6.07) is 3.76. The monoisotopic (exact) mass is 332 g/mol. The van der Waals surface area contributed by atoms with Crippen LogP contribution in [-0.2, 0) is 9.53 Å². The molecule has 1 amide bonds. The van der Waals surface area contributed by atoms with Crippen molar-refractivity contribution in [1.82, 2.24) is 9.88 Å². The van der Waals surface area contributed by atoms with Gasteiger partial charge in [0.1, 0.15) is 11.9 Å². The molecule has 1 aromatic heterocycles. The number of carbonyl (C=O) groups is 1. The Kier molecular flexibility index (Phi) is 4.18. The molecule has 2 aliphatic heterocycles. The van der Waals surface area contributed by atoms with E-state index in [9.17, 15) is 9.90 Å². The van der Waals surface area contributed by atoms with Crippen molar-refractivity contribution >= 4 is 5.91 Å². The second kappa shape index (κ2) is 6.33. The fourth-order valence-electron chi connectivity index (χ4n) is 4.11. The molecule has 1 N–H and O–H groups in total. The Bertz CT molecular complexity index is 590. The van der Waals surface area contributed by atoms with E-state index in [4.69, 9.17) is 9.47 Å². The minimum Gasteiger partial charge on any atom is -0.486 e. The fraction of sp³-hybridized carbons (Fsp3) is 0.667. The Labute approximate surface area is 141 Å². The Morgan fingerprint density at radius 3 is 3.08 bits per heavy atom. The fourth-order valence-corrected chi connectivity index (χ4v) is 4.11. The first-order valence-corrected chi connectivity index (χ1v) is 8.81. The lowest BCUT2D eigenvalue weighted by Crippen LogP contribution is -2.53. The van der Waals surface area contributed by atoms with Crippen LogP contribution in [0.3, 0.4) is 0 Å². The summed E-state index contributed by atoms with van der Waals surface area (Å²) in [5, 5.41) is 9.43. The molecule has 6 heteroatoms. The number of likely N-dealkylation sites (tertiary alicyclic amines) is 1. The van der Waals surface area contributed by atoms with E-state index in [0.717, 1.165) is 31.6 Å². The third kappa shape index (κ3) is 3.13. The molecular weight excluding hydrogens is 308 g/mol. The lowest BCUT2D eigenvalue weighted by molar-refractivity contribution is -0.150. The molecule has 6 nitrogen and oxygen atoms in total. The van der Waals surface area contributed by atoms with Gasteiger partial charge in [-0.15, -0.1) is 0 Å². The zero-order chi connectivity index (χ0) is 16.6. The van der Waals surface area contributed by atoms with E-state index >= 15 is 0 Å². The van der Waals surface area contributed by atoms with E-state index in [1.165, 1.54) is 0 Å². The summed E-state index contributed by atoms with van der Waals surface area (Å²) in [4.78, 5) is 18.6. The van der Waals surface area contributed by atoms with Crippen molar-refractivity contribution in [2.75, 3.05) is 19.7 Å². The molecule has 130 valence electrons. The number of aromatic nitrogens is 1. The van der Waals surface area contributed by atoms with Crippen molar-refractivity contribution in [2.45, 2.75) is 49.9 Å². The van der Waals surface area contributed by atoms with Gasteiger partial charge in [0.05, 0.1) is 24.5 Å². The Morgan fingerprint density at radius 2 is 2.33 bits per heavy atom. The summed E-state index contributed by atoms with van der Waals surface area (Å²) >= 11 is 0. The first kappa shape index (κ1) is 15.8. The van der Waals surface area contributed by atoms with E-state index in [1.54, 1.807) is 12.4 Å². The maximum absolute atomic E-state index is 12.6. The predicted octanol–water partition coefficient (Wildman–Crippen LogP) is 1.38. The van der Waals surface area contributed by atoms with Crippen LogP contribution in [0.4, 0.5) is 0 Å². The standard InChI is InChI=1S/C18H24N2O4/c21-14-7-13(8-14)17(22)20-6-2-4-18(12-20)9-16(11-23-18)24-15-3-1-5-19-10-15/h1,3,5,10,13-14,16,21H,2,4,6-9,11-12H2/t13?,14?,16-,18+/m0/s1. The number of aliphatic hydroxyl groups is 1. The van der Waals surface area contributed by atoms with Gasteiger partial charge in [0.2, 0.25) is 5.91 Å². The topological polar surface area (TPSA) is 71.9 Å². The molecular formula is C18H24N2O4. The molecule has 3 heterocycles. The highest BCUT2D eigenvalue weighted by Gasteiger charge is 2.47. The van der Waals surface area contributed by atoms with E-state index in [1.807, 2.05) is 17.0 Å². The molecule has 24 heavy (non-hydrogen) atoms. The number of ether oxygens (including phenoxy) is 2. The number of nitrogens with zero attached hydrogens (tertiary/aromatic N) is 2. The van der Waals surface area contributed by atoms with Gasteiger partial charge in [-0.1, -0.05) is 0 Å². The first-order valence-electron chi connectivity index (χ1n) is 8.81. The number of aliphatic hydroxyl groups excluding tert-OH is 1. The lowest BCUT2D eigenvalue weighted by atomic mass is 9.80. The molecule has 1 spiro atoms. The van der Waals surface area contributed by atoms with E-state index in [0.29, 0.717) is 26.0 Å². The molecule has 3 fully saturated rings. The number of carbonyl (C=O) groups excluding carboxylic acids is 1.